The minimum Gasteiger partial charge on any atom is -0.379 e. The number of hydrogen-bond donors (Lipinski definition) is 0. The molecule has 0 fully saturated rings. The Labute approximate surface area is 106 Å². The molecule has 0 bridgehead atoms. The van der Waals surface area contributed by atoms with Gasteiger partial charge in [0.25, 0.3) is 0 Å². The van der Waals surface area contributed by atoms with Crippen molar-refractivity contribution >= 4 is 5.78 Å². The van der Waals surface area contributed by atoms with Gasteiger partial charge in [-0.3, -0.25) is 4.79 Å². The lowest BCUT2D eigenvalue weighted by atomic mass is 9.95. The van der Waals surface area contributed by atoms with Gasteiger partial charge in [0, 0.05) is 19.4 Å². The molecule has 3 nitrogen and oxygen atoms in total. The van der Waals surface area contributed by atoms with Crippen LogP contribution in [0.4, 0.5) is 0 Å². The minimum atomic E-state index is -0.384. The van der Waals surface area contributed by atoms with E-state index < -0.39 is 0 Å². The monoisotopic (exact) mass is 244 g/mol. The maximum Gasteiger partial charge on any atom is 0.138 e. The summed E-state index contributed by atoms with van der Waals surface area (Å²) in [5, 5.41) is 0. The molecule has 0 saturated carbocycles. The number of hydrogen-bond acceptors (Lipinski definition) is 3. The third-order valence-electron chi connectivity index (χ3n) is 2.99. The second kappa shape index (κ2) is 6.50. The van der Waals surface area contributed by atoms with E-state index in [1.54, 1.807) is 7.11 Å². The number of rotatable bonds is 8. The molecule has 0 amide bonds. The van der Waals surface area contributed by atoms with Crippen molar-refractivity contribution in [2.45, 2.75) is 65.6 Å². The van der Waals surface area contributed by atoms with Crippen LogP contribution >= 0.6 is 0 Å². The van der Waals surface area contributed by atoms with E-state index in [-0.39, 0.29) is 22.9 Å². The average molecular weight is 244 g/mol. The van der Waals surface area contributed by atoms with Crippen LogP contribution in [0.3, 0.4) is 0 Å². The molecule has 0 aromatic rings. The zero-order chi connectivity index (χ0) is 13.7. The Balaban J connectivity index is 4.06. The Morgan fingerprint density at radius 1 is 1.12 bits per heavy atom. The van der Waals surface area contributed by atoms with Gasteiger partial charge in [0.1, 0.15) is 5.78 Å². The summed E-state index contributed by atoms with van der Waals surface area (Å²) in [6, 6.07) is 0. The number of carbonyl (C=O) groups is 1. The third kappa shape index (κ3) is 7.50. The van der Waals surface area contributed by atoms with Crippen LogP contribution in [-0.4, -0.2) is 30.7 Å². The van der Waals surface area contributed by atoms with Gasteiger partial charge < -0.3 is 9.47 Å². The normalized spacial score (nSPS) is 13.2. The molecule has 0 aliphatic rings. The largest absolute Gasteiger partial charge is 0.379 e. The molecular formula is C14H28O3. The first kappa shape index (κ1) is 16.6. The van der Waals surface area contributed by atoms with Crippen LogP contribution in [-0.2, 0) is 14.3 Å². The lowest BCUT2D eigenvalue weighted by Gasteiger charge is -2.28. The summed E-state index contributed by atoms with van der Waals surface area (Å²) in [6.07, 6.45) is 1.29. The van der Waals surface area contributed by atoms with E-state index in [2.05, 4.69) is 0 Å². The fourth-order valence-electron chi connectivity index (χ4n) is 1.35. The van der Waals surface area contributed by atoms with Crippen molar-refractivity contribution in [2.75, 3.05) is 13.7 Å². The van der Waals surface area contributed by atoms with Gasteiger partial charge in [-0.15, -0.1) is 0 Å². The number of Topliss-reactive ketones (excluding diaryl/α,β-unsaturated/α-hetero) is 1. The van der Waals surface area contributed by atoms with Gasteiger partial charge in [-0.05, 0) is 34.1 Å². The summed E-state index contributed by atoms with van der Waals surface area (Å²) >= 11 is 0. The SMILES string of the molecule is COC(C)(C)CCOC(C)(C)CC(=O)C(C)C. The number of carbonyl (C=O) groups excluding carboxylic acids is 1. The topological polar surface area (TPSA) is 35.5 Å². The van der Waals surface area contributed by atoms with E-state index in [9.17, 15) is 4.79 Å². The molecule has 0 atom stereocenters. The zero-order valence-corrected chi connectivity index (χ0v) is 12.4. The zero-order valence-electron chi connectivity index (χ0n) is 12.4. The highest BCUT2D eigenvalue weighted by Gasteiger charge is 2.25. The highest BCUT2D eigenvalue weighted by molar-refractivity contribution is 5.81. The Bertz CT molecular complexity index is 242. The molecule has 0 heterocycles. The third-order valence-corrected chi connectivity index (χ3v) is 2.99. The molecule has 0 aliphatic heterocycles. The second-order valence-corrected chi connectivity index (χ2v) is 6.12. The highest BCUT2D eigenvalue weighted by atomic mass is 16.5. The fourth-order valence-corrected chi connectivity index (χ4v) is 1.35. The van der Waals surface area contributed by atoms with Crippen LogP contribution in [0.15, 0.2) is 0 Å². The van der Waals surface area contributed by atoms with Crippen LogP contribution in [0.5, 0.6) is 0 Å². The summed E-state index contributed by atoms with van der Waals surface area (Å²) in [4.78, 5) is 11.7. The van der Waals surface area contributed by atoms with Gasteiger partial charge in [0.2, 0.25) is 0 Å². The van der Waals surface area contributed by atoms with Crippen molar-refractivity contribution in [1.82, 2.24) is 0 Å². The molecule has 0 spiro atoms. The summed E-state index contributed by atoms with van der Waals surface area (Å²) in [6.45, 7) is 12.4. The van der Waals surface area contributed by atoms with Gasteiger partial charge in [-0.1, -0.05) is 13.8 Å². The van der Waals surface area contributed by atoms with Gasteiger partial charge in [-0.25, -0.2) is 0 Å². The lowest BCUT2D eigenvalue weighted by molar-refractivity contribution is -0.129. The van der Waals surface area contributed by atoms with E-state index in [1.807, 2.05) is 41.5 Å². The Hall–Kier alpha value is -0.410. The molecule has 0 aliphatic carbocycles. The van der Waals surface area contributed by atoms with Crippen molar-refractivity contribution in [3.63, 3.8) is 0 Å². The van der Waals surface area contributed by atoms with E-state index in [4.69, 9.17) is 9.47 Å². The Morgan fingerprint density at radius 3 is 2.06 bits per heavy atom. The molecule has 17 heavy (non-hydrogen) atoms. The minimum absolute atomic E-state index is 0.0771. The standard InChI is InChI=1S/C14H28O3/c1-11(2)12(15)10-14(5,6)17-9-8-13(3,4)16-7/h11H,8-10H2,1-7H3. The van der Waals surface area contributed by atoms with Gasteiger partial charge in [-0.2, -0.15) is 0 Å². The van der Waals surface area contributed by atoms with Crippen LogP contribution in [0, 0.1) is 5.92 Å². The molecule has 102 valence electrons. The first-order valence-corrected chi connectivity index (χ1v) is 6.31. The Kier molecular flexibility index (Phi) is 6.35. The van der Waals surface area contributed by atoms with Crippen molar-refractivity contribution in [1.29, 1.82) is 0 Å². The molecule has 0 rings (SSSR count). The number of ketones is 1. The van der Waals surface area contributed by atoms with Crippen LogP contribution < -0.4 is 0 Å². The fraction of sp³-hybridized carbons (Fsp3) is 0.929. The number of methoxy groups -OCH3 is 1. The molecule has 0 radical (unpaired) electrons. The van der Waals surface area contributed by atoms with Gasteiger partial charge in [0.15, 0.2) is 0 Å². The second-order valence-electron chi connectivity index (χ2n) is 6.12. The summed E-state index contributed by atoms with van der Waals surface area (Å²) < 4.78 is 11.1. The Morgan fingerprint density at radius 2 is 1.65 bits per heavy atom. The van der Waals surface area contributed by atoms with Crippen LogP contribution in [0.25, 0.3) is 0 Å². The molecular weight excluding hydrogens is 216 g/mol. The molecule has 0 saturated heterocycles. The van der Waals surface area contributed by atoms with E-state index >= 15 is 0 Å². The average Bonchev–Trinajstić information content (AvgIpc) is 2.16. The van der Waals surface area contributed by atoms with Gasteiger partial charge in [0.05, 0.1) is 17.8 Å². The van der Waals surface area contributed by atoms with Gasteiger partial charge >= 0.3 is 0 Å². The van der Waals surface area contributed by atoms with E-state index in [0.717, 1.165) is 6.42 Å². The van der Waals surface area contributed by atoms with Crippen molar-refractivity contribution in [2.24, 2.45) is 5.92 Å². The van der Waals surface area contributed by atoms with E-state index in [0.29, 0.717) is 13.0 Å². The highest BCUT2D eigenvalue weighted by Crippen LogP contribution is 2.20. The maximum absolute atomic E-state index is 11.7. The van der Waals surface area contributed by atoms with Crippen molar-refractivity contribution in [3.8, 4) is 0 Å². The molecule has 0 aromatic heterocycles. The smallest absolute Gasteiger partial charge is 0.138 e. The predicted octanol–water partition coefficient (Wildman–Crippen LogP) is 3.21. The first-order valence-electron chi connectivity index (χ1n) is 6.31. The van der Waals surface area contributed by atoms with Crippen LogP contribution in [0.1, 0.15) is 54.4 Å². The number of ether oxygens (including phenoxy) is 2. The first-order chi connectivity index (χ1) is 7.59. The predicted molar refractivity (Wildman–Crippen MR) is 70.2 cm³/mol. The molecule has 0 N–H and O–H groups in total. The molecule has 0 aromatic carbocycles. The van der Waals surface area contributed by atoms with Crippen LogP contribution in [0.2, 0.25) is 0 Å². The van der Waals surface area contributed by atoms with Crippen molar-refractivity contribution in [3.05, 3.63) is 0 Å². The summed E-state index contributed by atoms with van der Waals surface area (Å²) in [5.74, 6) is 0.328. The van der Waals surface area contributed by atoms with Crippen molar-refractivity contribution < 1.29 is 14.3 Å². The van der Waals surface area contributed by atoms with E-state index in [1.165, 1.54) is 0 Å². The maximum atomic E-state index is 11.7. The quantitative estimate of drug-likeness (QED) is 0.657. The molecule has 0 unspecified atom stereocenters. The summed E-state index contributed by atoms with van der Waals surface area (Å²) in [5.41, 5.74) is -0.552. The molecule has 3 heteroatoms. The lowest BCUT2D eigenvalue weighted by Crippen LogP contribution is -2.32. The summed E-state index contributed by atoms with van der Waals surface area (Å²) in [7, 11) is 1.70.